The molecule has 0 saturated carbocycles. The summed E-state index contributed by atoms with van der Waals surface area (Å²) in [6.07, 6.45) is 1.26. The molecule has 0 unspecified atom stereocenters. The number of ketones is 1. The number of benzene rings is 1. The third-order valence-corrected chi connectivity index (χ3v) is 5.95. The first-order valence-corrected chi connectivity index (χ1v) is 11.1. The molecule has 3 rings (SSSR count). The van der Waals surface area contributed by atoms with Gasteiger partial charge >= 0.3 is 11.9 Å². The van der Waals surface area contributed by atoms with Crippen LogP contribution in [0.1, 0.15) is 45.1 Å². The second-order valence-electron chi connectivity index (χ2n) is 8.34. The fourth-order valence-corrected chi connectivity index (χ4v) is 4.49. The minimum absolute atomic E-state index is 0.0488. The Labute approximate surface area is 193 Å². The Morgan fingerprint density at radius 2 is 1.97 bits per heavy atom. The van der Waals surface area contributed by atoms with Crippen molar-refractivity contribution in [3.8, 4) is 0 Å². The van der Waals surface area contributed by atoms with Gasteiger partial charge in [0.05, 0.1) is 19.3 Å². The van der Waals surface area contributed by atoms with E-state index in [1.54, 1.807) is 19.9 Å². The normalized spacial score (nSPS) is 22.6. The van der Waals surface area contributed by atoms with Crippen molar-refractivity contribution in [2.45, 2.75) is 39.5 Å². The smallest absolute Gasteiger partial charge is 0.336 e. The third-order valence-electron chi connectivity index (χ3n) is 5.95. The van der Waals surface area contributed by atoms with Crippen LogP contribution in [0.25, 0.3) is 0 Å². The number of carbonyl (C=O) groups excluding carboxylic acids is 3. The molecular weight excluding hydrogens is 429 g/mol. The van der Waals surface area contributed by atoms with Crippen LogP contribution in [0.4, 0.5) is 4.39 Å². The maximum atomic E-state index is 14.2. The summed E-state index contributed by atoms with van der Waals surface area (Å²) in [5.41, 5.74) is 2.07. The molecule has 1 heterocycles. The topological polar surface area (TPSA) is 90.9 Å². The number of carbonyl (C=O) groups is 3. The van der Waals surface area contributed by atoms with Gasteiger partial charge < -0.3 is 19.5 Å². The Hall–Kier alpha value is -3.00. The first kappa shape index (κ1) is 24.6. The highest BCUT2D eigenvalue weighted by molar-refractivity contribution is 6.12. The quantitative estimate of drug-likeness (QED) is 0.362. The SMILES string of the molecule is CCCOCCOC(=O)C1=C(C)NC2=C(C(=O)[C@@H](C(=O)OC)[C@H](C)C2)[C@H]1c1cccc(F)c1. The summed E-state index contributed by atoms with van der Waals surface area (Å²) in [6.45, 7) is 6.37. The molecule has 0 radical (unpaired) electrons. The lowest BCUT2D eigenvalue weighted by atomic mass is 9.69. The van der Waals surface area contributed by atoms with Crippen LogP contribution in [0.3, 0.4) is 0 Å². The number of nitrogens with one attached hydrogen (secondary N) is 1. The van der Waals surface area contributed by atoms with Gasteiger partial charge in [-0.1, -0.05) is 26.0 Å². The van der Waals surface area contributed by atoms with E-state index in [4.69, 9.17) is 14.2 Å². The number of hydrogen-bond acceptors (Lipinski definition) is 7. The van der Waals surface area contributed by atoms with Crippen molar-refractivity contribution >= 4 is 17.7 Å². The van der Waals surface area contributed by atoms with Gasteiger partial charge in [-0.05, 0) is 43.4 Å². The molecule has 178 valence electrons. The molecule has 33 heavy (non-hydrogen) atoms. The Balaban J connectivity index is 2.02. The Morgan fingerprint density at radius 3 is 2.64 bits per heavy atom. The molecule has 0 spiro atoms. The van der Waals surface area contributed by atoms with Crippen LogP contribution in [0.15, 0.2) is 46.8 Å². The molecular formula is C25H30FNO6. The van der Waals surface area contributed by atoms with E-state index in [2.05, 4.69) is 5.32 Å². The van der Waals surface area contributed by atoms with Crippen LogP contribution >= 0.6 is 0 Å². The molecule has 1 aromatic rings. The van der Waals surface area contributed by atoms with Crippen LogP contribution in [0.5, 0.6) is 0 Å². The van der Waals surface area contributed by atoms with E-state index in [-0.39, 0.29) is 30.3 Å². The van der Waals surface area contributed by atoms with Gasteiger partial charge in [0.25, 0.3) is 0 Å². The number of esters is 2. The largest absolute Gasteiger partial charge is 0.468 e. The number of methoxy groups -OCH3 is 1. The first-order valence-electron chi connectivity index (χ1n) is 11.1. The van der Waals surface area contributed by atoms with Gasteiger partial charge in [0.2, 0.25) is 0 Å². The number of allylic oxidation sites excluding steroid dienone is 3. The maximum Gasteiger partial charge on any atom is 0.336 e. The second-order valence-corrected chi connectivity index (χ2v) is 8.34. The average molecular weight is 460 g/mol. The molecule has 1 aliphatic heterocycles. The Kier molecular flexibility index (Phi) is 8.02. The fourth-order valence-electron chi connectivity index (χ4n) is 4.49. The first-order chi connectivity index (χ1) is 15.8. The van der Waals surface area contributed by atoms with E-state index in [0.717, 1.165) is 6.42 Å². The van der Waals surface area contributed by atoms with E-state index in [1.165, 1.54) is 25.3 Å². The summed E-state index contributed by atoms with van der Waals surface area (Å²) in [6, 6.07) is 5.77. The van der Waals surface area contributed by atoms with E-state index in [0.29, 0.717) is 30.0 Å². The Bertz CT molecular complexity index is 998. The predicted octanol–water partition coefficient (Wildman–Crippen LogP) is 3.41. The van der Waals surface area contributed by atoms with Gasteiger partial charge in [0, 0.05) is 29.5 Å². The summed E-state index contributed by atoms with van der Waals surface area (Å²) < 4.78 is 29.8. The number of rotatable bonds is 8. The van der Waals surface area contributed by atoms with E-state index >= 15 is 0 Å². The van der Waals surface area contributed by atoms with Crippen molar-refractivity contribution in [1.82, 2.24) is 5.32 Å². The lowest BCUT2D eigenvalue weighted by molar-refractivity contribution is -0.151. The standard InChI is InChI=1S/C25H30FNO6/c1-5-9-32-10-11-33-25(30)20-15(3)27-18-12-14(2)19(24(29)31-4)23(28)22(18)21(20)16-7-6-8-17(26)13-16/h6-8,13-14,19,21,27H,5,9-12H2,1-4H3/t14-,19+,21+/m1/s1. The number of Topliss-reactive ketones (excluding diaryl/α,β-unsaturated/α-hetero) is 1. The van der Waals surface area contributed by atoms with Crippen molar-refractivity contribution in [3.63, 3.8) is 0 Å². The maximum absolute atomic E-state index is 14.2. The van der Waals surface area contributed by atoms with Gasteiger partial charge in [-0.25, -0.2) is 9.18 Å². The van der Waals surface area contributed by atoms with Crippen molar-refractivity contribution in [3.05, 3.63) is 58.2 Å². The number of dihydropyridines is 1. The van der Waals surface area contributed by atoms with Crippen LogP contribution in [0.2, 0.25) is 0 Å². The molecule has 1 N–H and O–H groups in total. The van der Waals surface area contributed by atoms with Crippen molar-refractivity contribution < 1.29 is 33.0 Å². The molecule has 0 amide bonds. The monoisotopic (exact) mass is 459 g/mol. The van der Waals surface area contributed by atoms with Gasteiger partial charge in [-0.3, -0.25) is 9.59 Å². The zero-order valence-corrected chi connectivity index (χ0v) is 19.4. The zero-order chi connectivity index (χ0) is 24.1. The van der Waals surface area contributed by atoms with E-state index < -0.39 is 35.4 Å². The molecule has 1 aromatic carbocycles. The predicted molar refractivity (Wildman–Crippen MR) is 118 cm³/mol. The molecule has 0 aromatic heterocycles. The molecule has 7 nitrogen and oxygen atoms in total. The van der Waals surface area contributed by atoms with Crippen molar-refractivity contribution in [2.75, 3.05) is 26.9 Å². The lowest BCUT2D eigenvalue weighted by Crippen LogP contribution is -2.43. The van der Waals surface area contributed by atoms with Crippen molar-refractivity contribution in [1.29, 1.82) is 0 Å². The van der Waals surface area contributed by atoms with Gasteiger partial charge in [-0.15, -0.1) is 0 Å². The van der Waals surface area contributed by atoms with E-state index in [1.807, 2.05) is 6.92 Å². The molecule has 8 heteroatoms. The highest BCUT2D eigenvalue weighted by Crippen LogP contribution is 2.45. The molecule has 0 bridgehead atoms. The second kappa shape index (κ2) is 10.7. The summed E-state index contributed by atoms with van der Waals surface area (Å²) in [5, 5.41) is 3.17. The zero-order valence-electron chi connectivity index (χ0n) is 19.4. The van der Waals surface area contributed by atoms with E-state index in [9.17, 15) is 18.8 Å². The van der Waals surface area contributed by atoms with Gasteiger partial charge in [-0.2, -0.15) is 0 Å². The molecule has 2 aliphatic rings. The highest BCUT2D eigenvalue weighted by Gasteiger charge is 2.47. The number of halogens is 1. The van der Waals surface area contributed by atoms with Gasteiger partial charge in [0.15, 0.2) is 5.78 Å². The summed E-state index contributed by atoms with van der Waals surface area (Å²) in [4.78, 5) is 39.1. The molecule has 0 saturated heterocycles. The summed E-state index contributed by atoms with van der Waals surface area (Å²) in [5.74, 6) is -4.32. The van der Waals surface area contributed by atoms with Crippen LogP contribution in [-0.2, 0) is 28.6 Å². The number of ether oxygens (including phenoxy) is 3. The Morgan fingerprint density at radius 1 is 1.21 bits per heavy atom. The number of hydrogen-bond donors (Lipinski definition) is 1. The van der Waals surface area contributed by atoms with Crippen LogP contribution < -0.4 is 5.32 Å². The minimum atomic E-state index is -0.996. The third kappa shape index (κ3) is 5.16. The lowest BCUT2D eigenvalue weighted by Gasteiger charge is -2.38. The fraction of sp³-hybridized carbons (Fsp3) is 0.480. The molecule has 1 aliphatic carbocycles. The molecule has 3 atom stereocenters. The van der Waals surface area contributed by atoms with Crippen LogP contribution in [0, 0.1) is 17.7 Å². The minimum Gasteiger partial charge on any atom is -0.468 e. The molecule has 0 fully saturated rings. The summed E-state index contributed by atoms with van der Waals surface area (Å²) >= 11 is 0. The highest BCUT2D eigenvalue weighted by atomic mass is 19.1. The van der Waals surface area contributed by atoms with Crippen LogP contribution in [-0.4, -0.2) is 44.7 Å². The van der Waals surface area contributed by atoms with Crippen molar-refractivity contribution in [2.24, 2.45) is 11.8 Å². The summed E-state index contributed by atoms with van der Waals surface area (Å²) in [7, 11) is 1.24. The van der Waals surface area contributed by atoms with Gasteiger partial charge in [0.1, 0.15) is 18.3 Å². The average Bonchev–Trinajstić information content (AvgIpc) is 2.77.